The van der Waals surface area contributed by atoms with E-state index in [-0.39, 0.29) is 19.7 Å². The fourth-order valence-electron chi connectivity index (χ4n) is 2.31. The topological polar surface area (TPSA) is 143 Å². The van der Waals surface area contributed by atoms with Crippen LogP contribution < -0.4 is 15.0 Å². The molecule has 27 heavy (non-hydrogen) atoms. The van der Waals surface area contributed by atoms with E-state index in [1.807, 2.05) is 4.90 Å². The number of carbonyl (C=O) groups is 2. The maximum Gasteiger partial charge on any atom is 0.270 e. The molecule has 0 spiro atoms. The second-order valence-electron chi connectivity index (χ2n) is 6.23. The number of hydrogen-bond donors (Lipinski definition) is 2. The average molecular weight is 401 g/mol. The van der Waals surface area contributed by atoms with E-state index in [9.17, 15) is 19.6 Å². The predicted molar refractivity (Wildman–Crippen MR) is 97.2 cm³/mol. The Morgan fingerprint density at radius 1 is 1.44 bits per heavy atom. The standard InChI is InChI=1S/C15H23N5O6S/c1-10(21)15(2,19-24)12(23)8-16-7-11(22)9-26-14-13(17-27-18-14)20-3-5-25-6-4-20/h11,16,22H,3-9H2,1-2H3. The molecule has 1 aromatic heterocycles. The highest BCUT2D eigenvalue weighted by atomic mass is 32.1. The Kier molecular flexibility index (Phi) is 7.71. The number of anilines is 1. The largest absolute Gasteiger partial charge is 0.472 e. The van der Waals surface area contributed by atoms with Crippen LogP contribution in [0.1, 0.15) is 13.8 Å². The van der Waals surface area contributed by atoms with Crippen molar-refractivity contribution < 1.29 is 24.2 Å². The van der Waals surface area contributed by atoms with Crippen LogP contribution in [0, 0.1) is 4.91 Å². The van der Waals surface area contributed by atoms with Crippen LogP contribution >= 0.6 is 11.7 Å². The van der Waals surface area contributed by atoms with Crippen molar-refractivity contribution in [3.05, 3.63) is 4.91 Å². The third-order valence-corrected chi connectivity index (χ3v) is 4.74. The minimum Gasteiger partial charge on any atom is -0.472 e. The molecular formula is C15H23N5O6S. The maximum absolute atomic E-state index is 12.0. The van der Waals surface area contributed by atoms with Gasteiger partial charge in [-0.1, -0.05) is 0 Å². The molecule has 1 aliphatic rings. The van der Waals surface area contributed by atoms with E-state index in [2.05, 4.69) is 19.2 Å². The highest BCUT2D eigenvalue weighted by Crippen LogP contribution is 2.26. The van der Waals surface area contributed by atoms with Crippen molar-refractivity contribution in [3.8, 4) is 5.88 Å². The van der Waals surface area contributed by atoms with Crippen LogP contribution in [0.5, 0.6) is 5.88 Å². The van der Waals surface area contributed by atoms with Crippen molar-refractivity contribution in [1.29, 1.82) is 0 Å². The molecule has 2 unspecified atom stereocenters. The van der Waals surface area contributed by atoms with Gasteiger partial charge in [-0.2, -0.15) is 4.37 Å². The summed E-state index contributed by atoms with van der Waals surface area (Å²) in [6.07, 6.45) is -0.926. The van der Waals surface area contributed by atoms with Gasteiger partial charge < -0.3 is 24.8 Å². The molecule has 0 aromatic carbocycles. The van der Waals surface area contributed by atoms with Crippen molar-refractivity contribution in [2.45, 2.75) is 25.5 Å². The van der Waals surface area contributed by atoms with Crippen molar-refractivity contribution >= 4 is 29.1 Å². The lowest BCUT2D eigenvalue weighted by Gasteiger charge is -2.26. The number of aliphatic hydroxyl groups excluding tert-OH is 1. The van der Waals surface area contributed by atoms with Crippen LogP contribution in [-0.4, -0.2) is 83.1 Å². The molecule has 1 fully saturated rings. The molecule has 11 nitrogen and oxygen atoms in total. The molecule has 2 atom stereocenters. The van der Waals surface area contributed by atoms with E-state index in [1.54, 1.807) is 0 Å². The number of hydrogen-bond acceptors (Lipinski definition) is 12. The highest BCUT2D eigenvalue weighted by molar-refractivity contribution is 6.99. The zero-order valence-corrected chi connectivity index (χ0v) is 16.0. The smallest absolute Gasteiger partial charge is 0.270 e. The van der Waals surface area contributed by atoms with E-state index in [0.717, 1.165) is 18.7 Å². The molecule has 12 heteroatoms. The highest BCUT2D eigenvalue weighted by Gasteiger charge is 2.39. The summed E-state index contributed by atoms with van der Waals surface area (Å²) >= 11 is 1.02. The molecule has 0 saturated carbocycles. The third kappa shape index (κ3) is 5.48. The van der Waals surface area contributed by atoms with Crippen molar-refractivity contribution in [3.63, 3.8) is 0 Å². The summed E-state index contributed by atoms with van der Waals surface area (Å²) in [4.78, 5) is 36.1. The zero-order valence-electron chi connectivity index (χ0n) is 15.2. The first kappa shape index (κ1) is 21.3. The fraction of sp³-hybridized carbons (Fsp3) is 0.733. The Morgan fingerprint density at radius 3 is 2.78 bits per heavy atom. The molecule has 0 amide bonds. The van der Waals surface area contributed by atoms with Crippen LogP contribution in [0.3, 0.4) is 0 Å². The quantitative estimate of drug-likeness (QED) is 0.364. The first-order chi connectivity index (χ1) is 12.9. The summed E-state index contributed by atoms with van der Waals surface area (Å²) in [6, 6.07) is 0. The number of Topliss-reactive ketones (excluding diaryl/α,β-unsaturated/α-hetero) is 2. The second-order valence-corrected chi connectivity index (χ2v) is 6.76. The first-order valence-electron chi connectivity index (χ1n) is 8.44. The third-order valence-electron chi connectivity index (χ3n) is 4.24. The van der Waals surface area contributed by atoms with Gasteiger partial charge in [-0.15, -0.1) is 9.28 Å². The Bertz CT molecular complexity index is 665. The van der Waals surface area contributed by atoms with Gasteiger partial charge in [0.1, 0.15) is 12.7 Å². The van der Waals surface area contributed by atoms with Crippen LogP contribution in [-0.2, 0) is 14.3 Å². The summed E-state index contributed by atoms with van der Waals surface area (Å²) in [7, 11) is 0. The Hall–Kier alpha value is -2.02. The molecule has 2 heterocycles. The number of rotatable bonds is 11. The number of nitrogens with one attached hydrogen (secondary N) is 1. The van der Waals surface area contributed by atoms with Gasteiger partial charge in [0, 0.05) is 19.6 Å². The summed E-state index contributed by atoms with van der Waals surface area (Å²) < 4.78 is 19.1. The normalized spacial score (nSPS) is 17.8. The molecule has 150 valence electrons. The number of nitrogens with zero attached hydrogens (tertiary/aromatic N) is 4. The lowest BCUT2D eigenvalue weighted by Crippen LogP contribution is -2.46. The molecule has 0 radical (unpaired) electrons. The molecule has 1 aliphatic heterocycles. The molecule has 0 aliphatic carbocycles. The van der Waals surface area contributed by atoms with Crippen LogP contribution in [0.15, 0.2) is 5.18 Å². The Balaban J connectivity index is 1.76. The molecule has 1 aromatic rings. The minimum atomic E-state index is -1.91. The monoisotopic (exact) mass is 401 g/mol. The number of ketones is 2. The first-order valence-corrected chi connectivity index (χ1v) is 9.17. The Labute approximate surface area is 160 Å². The number of nitroso groups, excluding NO2 is 1. The minimum absolute atomic E-state index is 0.0308. The summed E-state index contributed by atoms with van der Waals surface area (Å²) in [6.45, 7) is 4.60. The summed E-state index contributed by atoms with van der Waals surface area (Å²) in [5.74, 6) is -0.324. The van der Waals surface area contributed by atoms with E-state index in [0.29, 0.717) is 38.0 Å². The number of ether oxygens (including phenoxy) is 2. The van der Waals surface area contributed by atoms with Crippen molar-refractivity contribution in [2.24, 2.45) is 5.18 Å². The fourth-order valence-corrected chi connectivity index (χ4v) is 2.83. The lowest BCUT2D eigenvalue weighted by atomic mass is 9.93. The van der Waals surface area contributed by atoms with Gasteiger partial charge in [-0.25, -0.2) is 0 Å². The molecule has 1 saturated heterocycles. The SMILES string of the molecule is CC(=O)C(C)(N=O)C(=O)CNCC(O)COc1nsnc1N1CCOCC1. The van der Waals surface area contributed by atoms with Crippen LogP contribution in [0.2, 0.25) is 0 Å². The average Bonchev–Trinajstić information content (AvgIpc) is 3.14. The number of carbonyl (C=O) groups excluding carboxylic acids is 2. The van der Waals surface area contributed by atoms with Crippen LogP contribution in [0.25, 0.3) is 0 Å². The number of aromatic nitrogens is 2. The van der Waals surface area contributed by atoms with E-state index in [4.69, 9.17) is 9.47 Å². The van der Waals surface area contributed by atoms with E-state index < -0.39 is 23.2 Å². The van der Waals surface area contributed by atoms with Crippen LogP contribution in [0.4, 0.5) is 5.82 Å². The van der Waals surface area contributed by atoms with Gasteiger partial charge >= 0.3 is 0 Å². The maximum atomic E-state index is 12.0. The van der Waals surface area contributed by atoms with Crippen molar-refractivity contribution in [1.82, 2.24) is 14.1 Å². The number of aliphatic hydroxyl groups is 1. The summed E-state index contributed by atoms with van der Waals surface area (Å²) in [5.41, 5.74) is -1.91. The molecule has 0 bridgehead atoms. The molecular weight excluding hydrogens is 378 g/mol. The lowest BCUT2D eigenvalue weighted by molar-refractivity contribution is -0.132. The molecule has 2 N–H and O–H groups in total. The van der Waals surface area contributed by atoms with Gasteiger partial charge in [-0.3, -0.25) is 9.59 Å². The van der Waals surface area contributed by atoms with Gasteiger partial charge in [0.25, 0.3) is 5.88 Å². The van der Waals surface area contributed by atoms with Gasteiger partial charge in [0.15, 0.2) is 11.6 Å². The molecule has 2 rings (SSSR count). The van der Waals surface area contributed by atoms with E-state index >= 15 is 0 Å². The van der Waals surface area contributed by atoms with Crippen molar-refractivity contribution in [2.75, 3.05) is 50.9 Å². The second kappa shape index (κ2) is 9.78. The van der Waals surface area contributed by atoms with Gasteiger partial charge in [0.2, 0.25) is 11.4 Å². The van der Waals surface area contributed by atoms with Gasteiger partial charge in [-0.05, 0) is 19.0 Å². The Morgan fingerprint density at radius 2 is 2.15 bits per heavy atom. The van der Waals surface area contributed by atoms with E-state index in [1.165, 1.54) is 6.92 Å². The predicted octanol–water partition coefficient (Wildman–Crippen LogP) is -0.613. The zero-order chi connectivity index (χ0) is 19.9. The van der Waals surface area contributed by atoms with Gasteiger partial charge in [0.05, 0.1) is 31.5 Å². The number of morpholine rings is 1. The summed E-state index contributed by atoms with van der Waals surface area (Å²) in [5, 5.41) is 15.3.